The van der Waals surface area contributed by atoms with E-state index in [1.54, 1.807) is 7.11 Å². The van der Waals surface area contributed by atoms with Crippen molar-refractivity contribution in [3.8, 4) is 17.2 Å². The molecule has 0 atom stereocenters. The molecule has 7 nitrogen and oxygen atoms in total. The number of methoxy groups -OCH3 is 1. The van der Waals surface area contributed by atoms with Crippen LogP contribution < -0.4 is 9.64 Å². The van der Waals surface area contributed by atoms with Crippen molar-refractivity contribution in [1.82, 2.24) is 15.1 Å². The fourth-order valence-electron chi connectivity index (χ4n) is 3.45. The van der Waals surface area contributed by atoms with Crippen LogP contribution in [0, 0.1) is 6.92 Å². The van der Waals surface area contributed by atoms with Crippen molar-refractivity contribution in [3.63, 3.8) is 0 Å². The molecule has 8 heteroatoms. The Bertz CT molecular complexity index is 1010. The summed E-state index contributed by atoms with van der Waals surface area (Å²) in [6, 6.07) is 15.9. The van der Waals surface area contributed by atoms with Crippen molar-refractivity contribution in [2.24, 2.45) is 0 Å². The number of hydrogen-bond acceptors (Lipinski definition) is 7. The van der Waals surface area contributed by atoms with E-state index >= 15 is 0 Å². The van der Waals surface area contributed by atoms with Crippen LogP contribution in [-0.2, 0) is 4.79 Å². The van der Waals surface area contributed by atoms with Crippen LogP contribution in [0.5, 0.6) is 5.75 Å². The monoisotopic (exact) mass is 424 g/mol. The van der Waals surface area contributed by atoms with E-state index in [0.717, 1.165) is 18.7 Å². The number of hydrogen-bond donors (Lipinski definition) is 0. The standard InChI is InChI=1S/C22H24N4O3S/c1-16-6-5-7-17(14-16)25-10-12-26(13-11-25)20(27)15-30-22-24-23-21(29-22)18-8-3-4-9-19(18)28-2/h3-9,14H,10-13,15H2,1-2H3. The van der Waals surface area contributed by atoms with Gasteiger partial charge in [0.2, 0.25) is 5.91 Å². The molecular formula is C22H24N4O3S. The number of nitrogens with zero attached hydrogens (tertiary/aromatic N) is 4. The number of amides is 1. The Morgan fingerprint density at radius 2 is 1.90 bits per heavy atom. The van der Waals surface area contributed by atoms with E-state index < -0.39 is 0 Å². The summed E-state index contributed by atoms with van der Waals surface area (Å²) in [7, 11) is 1.60. The molecule has 0 saturated carbocycles. The van der Waals surface area contributed by atoms with Gasteiger partial charge in [0.1, 0.15) is 5.75 Å². The van der Waals surface area contributed by atoms with Gasteiger partial charge in [-0.1, -0.05) is 36.0 Å². The summed E-state index contributed by atoms with van der Waals surface area (Å²) < 4.78 is 11.1. The topological polar surface area (TPSA) is 71.7 Å². The third kappa shape index (κ3) is 4.59. The minimum absolute atomic E-state index is 0.0842. The molecule has 1 aliphatic heterocycles. The highest BCUT2D eigenvalue weighted by Crippen LogP contribution is 2.30. The minimum Gasteiger partial charge on any atom is -0.496 e. The summed E-state index contributed by atoms with van der Waals surface area (Å²) in [5, 5.41) is 8.52. The van der Waals surface area contributed by atoms with E-state index in [9.17, 15) is 4.79 Å². The molecule has 0 aliphatic carbocycles. The Labute approximate surface area is 180 Å². The Morgan fingerprint density at radius 3 is 2.67 bits per heavy atom. The number of ether oxygens (including phenoxy) is 1. The van der Waals surface area contributed by atoms with Gasteiger partial charge in [0.25, 0.3) is 11.1 Å². The van der Waals surface area contributed by atoms with Crippen LogP contribution in [0.1, 0.15) is 5.56 Å². The molecule has 2 heterocycles. The summed E-state index contributed by atoms with van der Waals surface area (Å²) in [4.78, 5) is 16.8. The molecule has 0 bridgehead atoms. The fourth-order valence-corrected chi connectivity index (χ4v) is 4.12. The second-order valence-electron chi connectivity index (χ2n) is 7.07. The molecule has 156 valence electrons. The molecule has 4 rings (SSSR count). The van der Waals surface area contributed by atoms with Crippen molar-refractivity contribution in [3.05, 3.63) is 54.1 Å². The Balaban J connectivity index is 1.30. The molecule has 3 aromatic rings. The number of thioether (sulfide) groups is 1. The number of aryl methyl sites for hydroxylation is 1. The zero-order chi connectivity index (χ0) is 20.9. The third-order valence-corrected chi connectivity index (χ3v) is 5.87. The molecule has 30 heavy (non-hydrogen) atoms. The Morgan fingerprint density at radius 1 is 1.10 bits per heavy atom. The fraction of sp³-hybridized carbons (Fsp3) is 0.318. The molecule has 1 aliphatic rings. The quantitative estimate of drug-likeness (QED) is 0.561. The van der Waals surface area contributed by atoms with Crippen LogP contribution in [0.2, 0.25) is 0 Å². The van der Waals surface area contributed by atoms with Gasteiger partial charge in [-0.2, -0.15) is 0 Å². The average molecular weight is 425 g/mol. The normalized spacial score (nSPS) is 14.1. The lowest BCUT2D eigenvalue weighted by atomic mass is 10.2. The highest BCUT2D eigenvalue weighted by atomic mass is 32.2. The van der Waals surface area contributed by atoms with Crippen LogP contribution in [-0.4, -0.2) is 60.0 Å². The number of aromatic nitrogens is 2. The van der Waals surface area contributed by atoms with Crippen LogP contribution in [0.15, 0.2) is 58.2 Å². The molecule has 1 amide bonds. The average Bonchev–Trinajstić information content (AvgIpc) is 3.26. The van der Waals surface area contributed by atoms with E-state index in [2.05, 4.69) is 46.3 Å². The molecule has 1 saturated heterocycles. The number of piperazine rings is 1. The van der Waals surface area contributed by atoms with E-state index in [-0.39, 0.29) is 11.7 Å². The molecule has 0 spiro atoms. The van der Waals surface area contributed by atoms with Crippen molar-refractivity contribution < 1.29 is 13.9 Å². The number of para-hydroxylation sites is 1. The van der Waals surface area contributed by atoms with Gasteiger partial charge >= 0.3 is 0 Å². The predicted octanol–water partition coefficient (Wildman–Crippen LogP) is 3.49. The lowest BCUT2D eigenvalue weighted by molar-refractivity contribution is -0.128. The summed E-state index contributed by atoms with van der Waals surface area (Å²) in [6.45, 7) is 5.18. The van der Waals surface area contributed by atoms with Gasteiger partial charge in [-0.25, -0.2) is 0 Å². The number of benzene rings is 2. The zero-order valence-electron chi connectivity index (χ0n) is 17.1. The third-order valence-electron chi connectivity index (χ3n) is 5.06. The largest absolute Gasteiger partial charge is 0.496 e. The first-order chi connectivity index (χ1) is 14.6. The minimum atomic E-state index is 0.0842. The van der Waals surface area contributed by atoms with E-state index in [4.69, 9.17) is 9.15 Å². The van der Waals surface area contributed by atoms with Gasteiger partial charge in [0.15, 0.2) is 0 Å². The SMILES string of the molecule is COc1ccccc1-c1nnc(SCC(=O)N2CCN(c3cccc(C)c3)CC2)o1. The van der Waals surface area contributed by atoms with E-state index in [1.165, 1.54) is 23.0 Å². The molecule has 1 aromatic heterocycles. The zero-order valence-corrected chi connectivity index (χ0v) is 17.9. The van der Waals surface area contributed by atoms with Crippen molar-refractivity contribution in [1.29, 1.82) is 0 Å². The first kappa shape index (κ1) is 20.3. The molecule has 0 unspecified atom stereocenters. The molecular weight excluding hydrogens is 400 g/mol. The van der Waals surface area contributed by atoms with Gasteiger partial charge in [0.05, 0.1) is 18.4 Å². The highest BCUT2D eigenvalue weighted by molar-refractivity contribution is 7.99. The van der Waals surface area contributed by atoms with Crippen molar-refractivity contribution in [2.45, 2.75) is 12.1 Å². The van der Waals surface area contributed by atoms with Crippen LogP contribution >= 0.6 is 11.8 Å². The van der Waals surface area contributed by atoms with Gasteiger partial charge in [-0.05, 0) is 36.8 Å². The van der Waals surface area contributed by atoms with Crippen LogP contribution in [0.4, 0.5) is 5.69 Å². The van der Waals surface area contributed by atoms with Gasteiger partial charge < -0.3 is 19.0 Å². The van der Waals surface area contributed by atoms with Gasteiger partial charge in [-0.15, -0.1) is 10.2 Å². The van der Waals surface area contributed by atoms with Crippen LogP contribution in [0.3, 0.4) is 0 Å². The maximum absolute atomic E-state index is 12.6. The first-order valence-corrected chi connectivity index (χ1v) is 10.8. The summed E-state index contributed by atoms with van der Waals surface area (Å²) in [5.74, 6) is 1.41. The Hall–Kier alpha value is -3.00. The van der Waals surface area contributed by atoms with E-state index in [0.29, 0.717) is 30.0 Å². The summed E-state index contributed by atoms with van der Waals surface area (Å²) >= 11 is 1.26. The first-order valence-electron chi connectivity index (χ1n) is 9.83. The molecule has 2 aromatic carbocycles. The predicted molar refractivity (Wildman–Crippen MR) is 117 cm³/mol. The van der Waals surface area contributed by atoms with Gasteiger partial charge in [-0.3, -0.25) is 4.79 Å². The van der Waals surface area contributed by atoms with Crippen molar-refractivity contribution in [2.75, 3.05) is 43.9 Å². The second-order valence-corrected chi connectivity index (χ2v) is 8.00. The smallest absolute Gasteiger partial charge is 0.277 e. The maximum Gasteiger partial charge on any atom is 0.277 e. The maximum atomic E-state index is 12.6. The molecule has 0 radical (unpaired) electrons. The lowest BCUT2D eigenvalue weighted by Gasteiger charge is -2.36. The number of rotatable bonds is 6. The van der Waals surface area contributed by atoms with Crippen LogP contribution in [0.25, 0.3) is 11.5 Å². The summed E-state index contributed by atoms with van der Waals surface area (Å²) in [6.07, 6.45) is 0. The molecule has 0 N–H and O–H groups in total. The van der Waals surface area contributed by atoms with Crippen molar-refractivity contribution >= 4 is 23.4 Å². The number of carbonyl (C=O) groups is 1. The molecule has 1 fully saturated rings. The highest BCUT2D eigenvalue weighted by Gasteiger charge is 2.22. The lowest BCUT2D eigenvalue weighted by Crippen LogP contribution is -2.49. The Kier molecular flexibility index (Phi) is 6.23. The van der Waals surface area contributed by atoms with Gasteiger partial charge in [0, 0.05) is 31.9 Å². The number of carbonyl (C=O) groups excluding carboxylic acids is 1. The van der Waals surface area contributed by atoms with E-state index in [1.807, 2.05) is 29.2 Å². The number of anilines is 1. The second kappa shape index (κ2) is 9.21. The summed E-state index contributed by atoms with van der Waals surface area (Å²) in [5.41, 5.74) is 3.19.